The molecule has 0 fully saturated rings. The summed E-state index contributed by atoms with van der Waals surface area (Å²) in [4.78, 5) is 14.3. The minimum atomic E-state index is -0.496. The molecule has 1 spiro atoms. The Morgan fingerprint density at radius 1 is 1.14 bits per heavy atom. The van der Waals surface area contributed by atoms with Crippen LogP contribution < -0.4 is 0 Å². The van der Waals surface area contributed by atoms with Crippen molar-refractivity contribution in [2.24, 2.45) is 0 Å². The Kier molecular flexibility index (Phi) is 3.40. The molecule has 2 aliphatic rings. The highest BCUT2D eigenvalue weighted by Gasteiger charge is 2.46. The molecule has 0 atom stereocenters. The topological polar surface area (TPSA) is 20.3 Å². The number of likely N-dealkylation sites (N-methyl/N-ethyl adjacent to an activating group) is 1. The normalized spacial score (nSPS) is 20.0. The first-order valence-corrected chi connectivity index (χ1v) is 7.86. The lowest BCUT2D eigenvalue weighted by Gasteiger charge is -2.35. The molecule has 2 nitrogen and oxygen atoms in total. The Labute approximate surface area is 138 Å². The second kappa shape index (κ2) is 4.98. The van der Waals surface area contributed by atoms with Gasteiger partial charge in [-0.15, -0.1) is 0 Å². The molecule has 1 amide bonds. The van der Waals surface area contributed by atoms with Crippen molar-refractivity contribution >= 4 is 34.1 Å². The monoisotopic (exact) mass is 389 g/mol. The number of halogens is 1. The average molecular weight is 389 g/mol. The predicted octanol–water partition coefficient (Wildman–Crippen LogP) is 4.03. The number of aryl methyl sites for hydroxylation is 1. The summed E-state index contributed by atoms with van der Waals surface area (Å²) in [6.07, 6.45) is 8.09. The third-order valence-corrected chi connectivity index (χ3v) is 5.11. The lowest BCUT2D eigenvalue weighted by Crippen LogP contribution is -2.42. The van der Waals surface area contributed by atoms with Gasteiger partial charge in [-0.3, -0.25) is 4.79 Å². The zero-order chi connectivity index (χ0) is 15.2. The summed E-state index contributed by atoms with van der Waals surface area (Å²) in [5, 5.41) is 0. The second-order valence-electron chi connectivity index (χ2n) is 5.49. The molecule has 0 saturated heterocycles. The van der Waals surface area contributed by atoms with Crippen LogP contribution in [-0.4, -0.2) is 23.4 Å². The number of hydrogen-bond donors (Lipinski definition) is 0. The molecule has 0 radical (unpaired) electrons. The minimum absolute atomic E-state index is 0.0630. The zero-order valence-corrected chi connectivity index (χ0v) is 14.2. The van der Waals surface area contributed by atoms with E-state index in [2.05, 4.69) is 72.5 Å². The first-order valence-electron chi connectivity index (χ1n) is 6.78. The highest BCUT2D eigenvalue weighted by atomic mass is 127. The van der Waals surface area contributed by atoms with Crippen LogP contribution in [0.4, 0.5) is 0 Å². The molecule has 21 heavy (non-hydrogen) atoms. The van der Waals surface area contributed by atoms with Gasteiger partial charge in [-0.1, -0.05) is 48.6 Å². The number of nitrogens with zero attached hydrogens (tertiary/aromatic N) is 1. The summed E-state index contributed by atoms with van der Waals surface area (Å²) in [5.74, 6) is 0.0630. The number of rotatable bonds is 1. The molecule has 3 rings (SSSR count). The van der Waals surface area contributed by atoms with E-state index in [1.54, 1.807) is 4.90 Å². The standard InChI is InChI=1S/C18H16INO/c1-12-4-6-14(7-5-12)15-16(19)17(21)20(3)18(15)10-8-13(2)9-11-18/h4-11H,2H2,1,3H3. The van der Waals surface area contributed by atoms with Crippen LogP contribution in [-0.2, 0) is 4.79 Å². The van der Waals surface area contributed by atoms with E-state index in [9.17, 15) is 4.79 Å². The summed E-state index contributed by atoms with van der Waals surface area (Å²) >= 11 is 2.16. The summed E-state index contributed by atoms with van der Waals surface area (Å²) in [6, 6.07) is 8.33. The molecule has 1 aliphatic heterocycles. The highest BCUT2D eigenvalue weighted by molar-refractivity contribution is 14.1. The zero-order valence-electron chi connectivity index (χ0n) is 12.1. The summed E-state index contributed by atoms with van der Waals surface area (Å²) in [6.45, 7) is 6.01. The van der Waals surface area contributed by atoms with Gasteiger partial charge in [-0.25, -0.2) is 0 Å². The third kappa shape index (κ3) is 2.11. The van der Waals surface area contributed by atoms with Gasteiger partial charge in [0.25, 0.3) is 5.91 Å². The maximum atomic E-state index is 12.5. The fourth-order valence-electron chi connectivity index (χ4n) is 2.81. The van der Waals surface area contributed by atoms with E-state index in [1.165, 1.54) is 5.56 Å². The quantitative estimate of drug-likeness (QED) is 0.665. The number of carbonyl (C=O) groups is 1. The van der Waals surface area contributed by atoms with Crippen molar-refractivity contribution in [2.75, 3.05) is 7.05 Å². The predicted molar refractivity (Wildman–Crippen MR) is 95.0 cm³/mol. The van der Waals surface area contributed by atoms with Crippen LogP contribution in [0.3, 0.4) is 0 Å². The number of amides is 1. The van der Waals surface area contributed by atoms with E-state index in [0.717, 1.165) is 20.3 Å². The van der Waals surface area contributed by atoms with E-state index >= 15 is 0 Å². The summed E-state index contributed by atoms with van der Waals surface area (Å²) in [7, 11) is 1.85. The molecule has 0 bridgehead atoms. The molecule has 1 aromatic rings. The number of allylic oxidation sites excluding steroid dienone is 3. The third-order valence-electron chi connectivity index (χ3n) is 4.11. The average Bonchev–Trinajstić information content (AvgIpc) is 2.66. The second-order valence-corrected chi connectivity index (χ2v) is 6.56. The Bertz CT molecular complexity index is 706. The van der Waals surface area contributed by atoms with Crippen molar-refractivity contribution in [3.63, 3.8) is 0 Å². The molecule has 1 aliphatic carbocycles. The van der Waals surface area contributed by atoms with Crippen LogP contribution in [0.5, 0.6) is 0 Å². The smallest absolute Gasteiger partial charge is 0.261 e. The van der Waals surface area contributed by atoms with Gasteiger partial charge >= 0.3 is 0 Å². The van der Waals surface area contributed by atoms with Gasteiger partial charge in [0, 0.05) is 12.6 Å². The molecular weight excluding hydrogens is 373 g/mol. The van der Waals surface area contributed by atoms with E-state index in [4.69, 9.17) is 0 Å². The van der Waals surface area contributed by atoms with Gasteiger partial charge in [0.1, 0.15) is 5.54 Å². The van der Waals surface area contributed by atoms with Gasteiger partial charge in [0.2, 0.25) is 0 Å². The molecule has 0 unspecified atom stereocenters. The summed E-state index contributed by atoms with van der Waals surface area (Å²) < 4.78 is 0.778. The number of carbonyl (C=O) groups excluding carboxylic acids is 1. The molecule has 106 valence electrons. The Hall–Kier alpha value is -1.62. The Morgan fingerprint density at radius 2 is 1.71 bits per heavy atom. The van der Waals surface area contributed by atoms with Crippen LogP contribution in [0, 0.1) is 6.92 Å². The first-order chi connectivity index (χ1) is 9.95. The summed E-state index contributed by atoms with van der Waals surface area (Å²) in [5.41, 5.74) is 3.81. The molecule has 1 aromatic carbocycles. The van der Waals surface area contributed by atoms with Crippen LogP contribution in [0.25, 0.3) is 5.57 Å². The maximum Gasteiger partial charge on any atom is 0.261 e. The molecule has 3 heteroatoms. The van der Waals surface area contributed by atoms with Crippen molar-refractivity contribution in [1.82, 2.24) is 4.90 Å². The Balaban J connectivity index is 2.21. The first kappa shape index (κ1) is 14.3. The Morgan fingerprint density at radius 3 is 2.29 bits per heavy atom. The van der Waals surface area contributed by atoms with Crippen molar-refractivity contribution < 1.29 is 4.79 Å². The van der Waals surface area contributed by atoms with Crippen LogP contribution in [0.2, 0.25) is 0 Å². The van der Waals surface area contributed by atoms with Crippen molar-refractivity contribution in [3.05, 3.63) is 75.4 Å². The minimum Gasteiger partial charge on any atom is -0.324 e. The van der Waals surface area contributed by atoms with Crippen LogP contribution in [0.1, 0.15) is 11.1 Å². The molecule has 1 heterocycles. The van der Waals surface area contributed by atoms with Crippen LogP contribution in [0.15, 0.2) is 64.3 Å². The molecule has 0 aromatic heterocycles. The van der Waals surface area contributed by atoms with Crippen molar-refractivity contribution in [3.8, 4) is 0 Å². The number of benzene rings is 1. The van der Waals surface area contributed by atoms with Gasteiger partial charge in [-0.05, 0) is 52.8 Å². The van der Waals surface area contributed by atoms with E-state index in [1.807, 2.05) is 19.2 Å². The lowest BCUT2D eigenvalue weighted by molar-refractivity contribution is -0.125. The fraction of sp³-hybridized carbons (Fsp3) is 0.167. The van der Waals surface area contributed by atoms with Crippen molar-refractivity contribution in [1.29, 1.82) is 0 Å². The van der Waals surface area contributed by atoms with Crippen LogP contribution >= 0.6 is 22.6 Å². The molecule has 0 N–H and O–H groups in total. The fourth-order valence-corrected chi connectivity index (χ4v) is 3.92. The largest absolute Gasteiger partial charge is 0.324 e. The number of hydrogen-bond acceptors (Lipinski definition) is 1. The van der Waals surface area contributed by atoms with E-state index < -0.39 is 5.54 Å². The highest BCUT2D eigenvalue weighted by Crippen LogP contribution is 2.46. The van der Waals surface area contributed by atoms with Gasteiger partial charge in [0.05, 0.1) is 3.58 Å². The van der Waals surface area contributed by atoms with Gasteiger partial charge < -0.3 is 4.90 Å². The lowest BCUT2D eigenvalue weighted by atomic mass is 9.82. The van der Waals surface area contributed by atoms with E-state index in [-0.39, 0.29) is 5.91 Å². The van der Waals surface area contributed by atoms with Gasteiger partial charge in [-0.2, -0.15) is 0 Å². The van der Waals surface area contributed by atoms with E-state index in [0.29, 0.717) is 0 Å². The van der Waals surface area contributed by atoms with Crippen molar-refractivity contribution in [2.45, 2.75) is 12.5 Å². The maximum absolute atomic E-state index is 12.5. The SMILES string of the molecule is C=C1C=CC2(C=C1)C(c1ccc(C)cc1)=C(I)C(=O)N2C. The van der Waals surface area contributed by atoms with Gasteiger partial charge in [0.15, 0.2) is 0 Å². The molecular formula is C18H16INO. The molecule has 0 saturated carbocycles.